The van der Waals surface area contributed by atoms with Gasteiger partial charge < -0.3 is 4.90 Å². The van der Waals surface area contributed by atoms with E-state index in [1.54, 1.807) is 0 Å². The molecule has 5 rings (SSSR count). The minimum absolute atomic E-state index is 0.0197. The van der Waals surface area contributed by atoms with Crippen molar-refractivity contribution in [2.75, 3.05) is 13.1 Å². The molecule has 4 aromatic rings. The molecule has 31 heavy (non-hydrogen) atoms. The number of carbonyl (C=O) groups is 1. The molecule has 2 aromatic heterocycles. The minimum Gasteiger partial charge on any atom is -0.337 e. The van der Waals surface area contributed by atoms with Gasteiger partial charge in [-0.05, 0) is 43.7 Å². The number of benzene rings is 2. The zero-order valence-electron chi connectivity index (χ0n) is 17.7. The summed E-state index contributed by atoms with van der Waals surface area (Å²) in [5, 5.41) is 4.67. The number of carbonyl (C=O) groups excluding carboxylic acids is 1. The van der Waals surface area contributed by atoms with Gasteiger partial charge in [-0.2, -0.15) is 5.10 Å². The number of fused-ring (bicyclic) bond motifs is 1. The van der Waals surface area contributed by atoms with Gasteiger partial charge in [-0.1, -0.05) is 60.7 Å². The van der Waals surface area contributed by atoms with Crippen LogP contribution in [0.4, 0.5) is 0 Å². The Kier molecular flexibility index (Phi) is 5.24. The van der Waals surface area contributed by atoms with Crippen molar-refractivity contribution in [2.24, 2.45) is 5.92 Å². The summed E-state index contributed by atoms with van der Waals surface area (Å²) in [4.78, 5) is 19.8. The van der Waals surface area contributed by atoms with E-state index < -0.39 is 0 Å². The summed E-state index contributed by atoms with van der Waals surface area (Å²) in [6.07, 6.45) is 3.16. The summed E-state index contributed by atoms with van der Waals surface area (Å²) in [6.45, 7) is 3.55. The van der Waals surface area contributed by atoms with Gasteiger partial charge in [0.15, 0.2) is 5.65 Å². The summed E-state index contributed by atoms with van der Waals surface area (Å²) in [5.41, 5.74) is 5.41. The Hall–Kier alpha value is -3.47. The average Bonchev–Trinajstić information content (AvgIpc) is 3.25. The Morgan fingerprint density at radius 2 is 1.65 bits per heavy atom. The Bertz CT molecular complexity index is 1190. The van der Waals surface area contributed by atoms with Crippen molar-refractivity contribution in [3.05, 3.63) is 89.7 Å². The SMILES string of the molecule is Cc1cc(C(=O)N2CCC(Cc3ccccc3)CC2)nc2cc(-c3ccccc3)nn12. The maximum Gasteiger partial charge on any atom is 0.272 e. The van der Waals surface area contributed by atoms with Crippen LogP contribution in [0.3, 0.4) is 0 Å². The summed E-state index contributed by atoms with van der Waals surface area (Å²) in [7, 11) is 0. The zero-order chi connectivity index (χ0) is 21.2. The molecule has 156 valence electrons. The molecule has 0 N–H and O–H groups in total. The molecule has 0 spiro atoms. The van der Waals surface area contributed by atoms with E-state index in [-0.39, 0.29) is 5.91 Å². The maximum absolute atomic E-state index is 13.2. The normalized spacial score (nSPS) is 14.8. The van der Waals surface area contributed by atoms with Crippen LogP contribution in [-0.2, 0) is 6.42 Å². The van der Waals surface area contributed by atoms with E-state index in [4.69, 9.17) is 0 Å². The number of hydrogen-bond acceptors (Lipinski definition) is 3. The molecule has 1 amide bonds. The van der Waals surface area contributed by atoms with Gasteiger partial charge >= 0.3 is 0 Å². The standard InChI is InChI=1S/C26H26N4O/c1-19-16-24(27-25-18-23(28-30(19)25)22-10-6-3-7-11-22)26(31)29-14-12-21(13-15-29)17-20-8-4-2-5-9-20/h2-11,16,18,21H,12-15,17H2,1H3. The van der Waals surface area contributed by atoms with Crippen LogP contribution >= 0.6 is 0 Å². The topological polar surface area (TPSA) is 50.5 Å². The van der Waals surface area contributed by atoms with Crippen molar-refractivity contribution >= 4 is 11.6 Å². The molecule has 0 aliphatic carbocycles. The Morgan fingerprint density at radius 3 is 2.35 bits per heavy atom. The van der Waals surface area contributed by atoms with Crippen LogP contribution in [-0.4, -0.2) is 38.5 Å². The second-order valence-corrected chi connectivity index (χ2v) is 8.37. The summed E-state index contributed by atoms with van der Waals surface area (Å²) < 4.78 is 1.81. The van der Waals surface area contributed by atoms with Crippen molar-refractivity contribution < 1.29 is 4.79 Å². The number of aromatic nitrogens is 3. The van der Waals surface area contributed by atoms with Crippen molar-refractivity contribution in [1.82, 2.24) is 19.5 Å². The van der Waals surface area contributed by atoms with Crippen LogP contribution in [0.1, 0.15) is 34.6 Å². The first-order valence-electron chi connectivity index (χ1n) is 10.9. The molecule has 1 saturated heterocycles. The Morgan fingerprint density at radius 1 is 0.968 bits per heavy atom. The monoisotopic (exact) mass is 410 g/mol. The van der Waals surface area contributed by atoms with Gasteiger partial charge in [0.1, 0.15) is 5.69 Å². The third kappa shape index (κ3) is 4.08. The third-order valence-corrected chi connectivity index (χ3v) is 6.16. The minimum atomic E-state index is 0.0197. The maximum atomic E-state index is 13.2. The van der Waals surface area contributed by atoms with Crippen LogP contribution in [0.25, 0.3) is 16.9 Å². The van der Waals surface area contributed by atoms with Crippen LogP contribution in [0.15, 0.2) is 72.8 Å². The summed E-state index contributed by atoms with van der Waals surface area (Å²) >= 11 is 0. The van der Waals surface area contributed by atoms with Gasteiger partial charge in [-0.15, -0.1) is 0 Å². The van der Waals surface area contributed by atoms with Crippen LogP contribution < -0.4 is 0 Å². The molecule has 5 heteroatoms. The van der Waals surface area contributed by atoms with Crippen LogP contribution in [0, 0.1) is 12.8 Å². The fourth-order valence-corrected chi connectivity index (χ4v) is 4.43. The number of likely N-dealkylation sites (tertiary alicyclic amines) is 1. The van der Waals surface area contributed by atoms with E-state index in [9.17, 15) is 4.79 Å². The number of aryl methyl sites for hydroxylation is 1. The van der Waals surface area contributed by atoms with E-state index in [0.717, 1.165) is 49.3 Å². The molecule has 0 unspecified atom stereocenters. The fraction of sp³-hybridized carbons (Fsp3) is 0.269. The molecule has 0 radical (unpaired) electrons. The molecule has 1 aliphatic rings. The van der Waals surface area contributed by atoms with Gasteiger partial charge in [0.2, 0.25) is 0 Å². The highest BCUT2D eigenvalue weighted by Crippen LogP contribution is 2.24. The quantitative estimate of drug-likeness (QED) is 0.486. The molecule has 0 atom stereocenters. The highest BCUT2D eigenvalue weighted by Gasteiger charge is 2.25. The third-order valence-electron chi connectivity index (χ3n) is 6.16. The lowest BCUT2D eigenvalue weighted by atomic mass is 9.90. The number of nitrogens with zero attached hydrogens (tertiary/aromatic N) is 4. The number of amides is 1. The number of hydrogen-bond donors (Lipinski definition) is 0. The van der Waals surface area contributed by atoms with Crippen molar-refractivity contribution in [2.45, 2.75) is 26.2 Å². The van der Waals surface area contributed by atoms with E-state index in [2.05, 4.69) is 40.4 Å². The van der Waals surface area contributed by atoms with Crippen molar-refractivity contribution in [3.63, 3.8) is 0 Å². The second kappa shape index (κ2) is 8.34. The first-order valence-corrected chi connectivity index (χ1v) is 10.9. The zero-order valence-corrected chi connectivity index (χ0v) is 17.7. The predicted octanol–water partition coefficient (Wildman–Crippen LogP) is 4.80. The summed E-state index contributed by atoms with van der Waals surface area (Å²) in [6, 6.07) is 24.5. The summed E-state index contributed by atoms with van der Waals surface area (Å²) in [5.74, 6) is 0.651. The first kappa shape index (κ1) is 19.5. The van der Waals surface area contributed by atoms with Gasteiger partial charge in [0.25, 0.3) is 5.91 Å². The lowest BCUT2D eigenvalue weighted by molar-refractivity contribution is 0.0684. The number of rotatable bonds is 4. The molecular weight excluding hydrogens is 384 g/mol. The lowest BCUT2D eigenvalue weighted by Crippen LogP contribution is -2.39. The van der Waals surface area contributed by atoms with Gasteiger partial charge in [-0.3, -0.25) is 4.79 Å². The Labute approximate surface area is 182 Å². The van der Waals surface area contributed by atoms with E-state index in [1.165, 1.54) is 5.56 Å². The van der Waals surface area contributed by atoms with E-state index >= 15 is 0 Å². The number of piperidine rings is 1. The smallest absolute Gasteiger partial charge is 0.272 e. The van der Waals surface area contributed by atoms with Gasteiger partial charge in [-0.25, -0.2) is 9.50 Å². The van der Waals surface area contributed by atoms with Crippen LogP contribution in [0.2, 0.25) is 0 Å². The van der Waals surface area contributed by atoms with Crippen molar-refractivity contribution in [1.29, 1.82) is 0 Å². The lowest BCUT2D eigenvalue weighted by Gasteiger charge is -2.32. The largest absolute Gasteiger partial charge is 0.337 e. The molecule has 1 fully saturated rings. The molecule has 3 heterocycles. The molecule has 5 nitrogen and oxygen atoms in total. The highest BCUT2D eigenvalue weighted by atomic mass is 16.2. The van der Waals surface area contributed by atoms with Crippen LogP contribution in [0.5, 0.6) is 0 Å². The van der Waals surface area contributed by atoms with Crippen molar-refractivity contribution in [3.8, 4) is 11.3 Å². The average molecular weight is 411 g/mol. The molecule has 1 aliphatic heterocycles. The van der Waals surface area contributed by atoms with Gasteiger partial charge in [0.05, 0.1) is 5.69 Å². The highest BCUT2D eigenvalue weighted by molar-refractivity contribution is 5.93. The second-order valence-electron chi connectivity index (χ2n) is 8.37. The predicted molar refractivity (Wildman–Crippen MR) is 122 cm³/mol. The first-order chi connectivity index (χ1) is 15.2. The van der Waals surface area contributed by atoms with Gasteiger partial charge in [0, 0.05) is 30.4 Å². The molecule has 2 aromatic carbocycles. The van der Waals surface area contributed by atoms with E-state index in [1.807, 2.05) is 58.8 Å². The molecule has 0 bridgehead atoms. The molecular formula is C26H26N4O. The Balaban J connectivity index is 1.31. The van der Waals surface area contributed by atoms with E-state index in [0.29, 0.717) is 17.3 Å². The fourth-order valence-electron chi connectivity index (χ4n) is 4.43. The molecule has 0 saturated carbocycles.